The van der Waals surface area contributed by atoms with Gasteiger partial charge in [-0.15, -0.1) is 0 Å². The predicted molar refractivity (Wildman–Crippen MR) is 163 cm³/mol. The van der Waals surface area contributed by atoms with Crippen molar-refractivity contribution >= 4 is 40.0 Å². The first-order chi connectivity index (χ1) is 20.6. The highest BCUT2D eigenvalue weighted by molar-refractivity contribution is 6.00. The average molecular weight is 558 g/mol. The minimum Gasteiger partial charge on any atom is -0.497 e. The maximum atomic E-state index is 13.0. The third kappa shape index (κ3) is 5.82. The van der Waals surface area contributed by atoms with Crippen LogP contribution in [-0.4, -0.2) is 38.8 Å². The number of hydrogen-bond donors (Lipinski definition) is 4. The summed E-state index contributed by atoms with van der Waals surface area (Å²) in [7, 11) is 1.58. The number of aromatic nitrogens is 4. The molecule has 0 unspecified atom stereocenters. The summed E-state index contributed by atoms with van der Waals surface area (Å²) in [5, 5.41) is 14.3. The Bertz CT molecular complexity index is 1860. The van der Waals surface area contributed by atoms with Crippen molar-refractivity contribution < 1.29 is 14.3 Å². The van der Waals surface area contributed by atoms with Crippen LogP contribution < -0.4 is 20.7 Å². The molecule has 0 spiro atoms. The first-order valence-electron chi connectivity index (χ1n) is 13.2. The normalized spacial score (nSPS) is 10.8. The molecule has 3 aromatic carbocycles. The second-order valence-electron chi connectivity index (χ2n) is 9.49. The molecule has 6 rings (SSSR count). The number of aromatic amines is 1. The highest BCUT2D eigenvalue weighted by Crippen LogP contribution is 2.35. The molecule has 0 bridgehead atoms. The van der Waals surface area contributed by atoms with Crippen molar-refractivity contribution in [2.45, 2.75) is 6.54 Å². The largest absolute Gasteiger partial charge is 0.497 e. The number of amides is 3. The molecular formula is C32H27N7O3. The lowest BCUT2D eigenvalue weighted by molar-refractivity contribution is -0.116. The molecular weight excluding hydrogens is 530 g/mol. The fourth-order valence-corrected chi connectivity index (χ4v) is 4.68. The predicted octanol–water partition coefficient (Wildman–Crippen LogP) is 6.38. The molecule has 0 saturated heterocycles. The molecule has 3 amide bonds. The molecule has 3 aromatic heterocycles. The lowest BCUT2D eigenvalue weighted by Crippen LogP contribution is -2.19. The molecule has 208 valence electrons. The Morgan fingerprint density at radius 2 is 1.60 bits per heavy atom. The van der Waals surface area contributed by atoms with Crippen LogP contribution in [-0.2, 0) is 11.3 Å². The molecule has 0 radical (unpaired) electrons. The number of urea groups is 1. The molecule has 0 aliphatic carbocycles. The van der Waals surface area contributed by atoms with Gasteiger partial charge in [0.1, 0.15) is 23.6 Å². The smallest absolute Gasteiger partial charge is 0.323 e. The summed E-state index contributed by atoms with van der Waals surface area (Å²) >= 11 is 0. The van der Waals surface area contributed by atoms with Gasteiger partial charge >= 0.3 is 6.03 Å². The topological polar surface area (TPSA) is 126 Å². The fraction of sp³-hybridized carbons (Fsp3) is 0.0625. The molecule has 10 nitrogen and oxygen atoms in total. The van der Waals surface area contributed by atoms with Gasteiger partial charge in [0.25, 0.3) is 0 Å². The van der Waals surface area contributed by atoms with E-state index in [-0.39, 0.29) is 18.5 Å². The van der Waals surface area contributed by atoms with Crippen LogP contribution in [0.15, 0.2) is 110 Å². The van der Waals surface area contributed by atoms with Crippen molar-refractivity contribution in [1.82, 2.24) is 19.7 Å². The second kappa shape index (κ2) is 11.7. The van der Waals surface area contributed by atoms with Crippen molar-refractivity contribution in [2.75, 3.05) is 23.1 Å². The first kappa shape index (κ1) is 26.3. The highest BCUT2D eigenvalue weighted by atomic mass is 16.5. The van der Waals surface area contributed by atoms with Gasteiger partial charge in [0.15, 0.2) is 0 Å². The molecule has 10 heteroatoms. The summed E-state index contributed by atoms with van der Waals surface area (Å²) in [4.78, 5) is 33.0. The lowest BCUT2D eigenvalue weighted by Gasteiger charge is -2.09. The van der Waals surface area contributed by atoms with Crippen molar-refractivity contribution in [3.8, 4) is 28.1 Å². The number of hydrogen-bond acceptors (Lipinski definition) is 5. The molecule has 0 aliphatic heterocycles. The number of pyridine rings is 1. The zero-order valence-corrected chi connectivity index (χ0v) is 22.7. The number of rotatable bonds is 8. The van der Waals surface area contributed by atoms with Crippen LogP contribution in [0.25, 0.3) is 33.4 Å². The lowest BCUT2D eigenvalue weighted by atomic mass is 10.0. The Morgan fingerprint density at radius 1 is 0.833 bits per heavy atom. The molecule has 0 fully saturated rings. The molecule has 0 aliphatic rings. The third-order valence-corrected chi connectivity index (χ3v) is 6.62. The number of benzene rings is 3. The Morgan fingerprint density at radius 3 is 2.38 bits per heavy atom. The molecule has 4 N–H and O–H groups in total. The molecule has 6 aromatic rings. The fourth-order valence-electron chi connectivity index (χ4n) is 4.68. The zero-order chi connectivity index (χ0) is 28.9. The van der Waals surface area contributed by atoms with E-state index in [4.69, 9.17) is 9.84 Å². The molecule has 42 heavy (non-hydrogen) atoms. The van der Waals surface area contributed by atoms with Crippen molar-refractivity contribution in [2.24, 2.45) is 0 Å². The van der Waals surface area contributed by atoms with E-state index in [1.54, 1.807) is 30.1 Å². The van der Waals surface area contributed by atoms with Crippen LogP contribution >= 0.6 is 0 Å². The maximum absolute atomic E-state index is 13.0. The van der Waals surface area contributed by atoms with E-state index in [0.29, 0.717) is 28.5 Å². The first-order valence-corrected chi connectivity index (χ1v) is 13.2. The van der Waals surface area contributed by atoms with E-state index >= 15 is 0 Å². The van der Waals surface area contributed by atoms with Crippen LogP contribution in [0.1, 0.15) is 0 Å². The zero-order valence-electron chi connectivity index (χ0n) is 22.7. The van der Waals surface area contributed by atoms with Crippen LogP contribution in [0, 0.1) is 0 Å². The van der Waals surface area contributed by atoms with Crippen molar-refractivity contribution in [1.29, 1.82) is 0 Å². The van der Waals surface area contributed by atoms with E-state index in [1.807, 2.05) is 91.3 Å². The van der Waals surface area contributed by atoms with Gasteiger partial charge in [0.2, 0.25) is 5.91 Å². The SMILES string of the molecule is COc1cccc(NC(=O)Cn2cc(-c3ccnc4[nH]ccc34)c(-c3ccc(NC(=O)Nc4ccccc4)cc3)n2)c1. The van der Waals surface area contributed by atoms with Gasteiger partial charge in [-0.3, -0.25) is 9.48 Å². The Hall–Kier alpha value is -5.90. The summed E-state index contributed by atoms with van der Waals surface area (Å²) < 4.78 is 6.88. The average Bonchev–Trinajstić information content (AvgIpc) is 3.65. The standard InChI is InChI=1S/C32H27N7O3/c1-42-25-9-5-8-24(18-25)35-29(40)20-39-19-28(26-14-16-33-31-27(26)15-17-34-31)30(38-39)21-10-12-23(13-11-21)37-32(41)36-22-6-3-2-4-7-22/h2-19H,20H2,1H3,(H,33,34)(H,35,40)(H2,36,37,41). The molecule has 0 atom stereocenters. The minimum absolute atomic E-state index is 0.00483. The maximum Gasteiger partial charge on any atom is 0.323 e. The number of anilines is 3. The summed E-state index contributed by atoms with van der Waals surface area (Å²) in [5.74, 6) is 0.425. The van der Waals surface area contributed by atoms with Gasteiger partial charge < -0.3 is 25.7 Å². The van der Waals surface area contributed by atoms with E-state index in [9.17, 15) is 9.59 Å². The van der Waals surface area contributed by atoms with E-state index in [2.05, 4.69) is 25.9 Å². The van der Waals surface area contributed by atoms with Crippen molar-refractivity contribution in [3.63, 3.8) is 0 Å². The second-order valence-corrected chi connectivity index (χ2v) is 9.49. The van der Waals surface area contributed by atoms with E-state index in [1.165, 1.54) is 0 Å². The molecule has 3 heterocycles. The van der Waals surface area contributed by atoms with E-state index < -0.39 is 0 Å². The number of carbonyl (C=O) groups excluding carboxylic acids is 2. The monoisotopic (exact) mass is 557 g/mol. The Kier molecular flexibility index (Phi) is 7.33. The Labute approximate surface area is 241 Å². The highest BCUT2D eigenvalue weighted by Gasteiger charge is 2.18. The Balaban J connectivity index is 1.27. The van der Waals surface area contributed by atoms with Gasteiger partial charge in [0.05, 0.1) is 7.11 Å². The van der Waals surface area contributed by atoms with Crippen LogP contribution in [0.5, 0.6) is 5.75 Å². The summed E-state index contributed by atoms with van der Waals surface area (Å²) in [6.07, 6.45) is 5.44. The van der Waals surface area contributed by atoms with Crippen LogP contribution in [0.2, 0.25) is 0 Å². The number of para-hydroxylation sites is 1. The van der Waals surface area contributed by atoms with Gasteiger partial charge in [-0.1, -0.05) is 36.4 Å². The summed E-state index contributed by atoms with van der Waals surface area (Å²) in [5.41, 5.74) is 6.01. The quantitative estimate of drug-likeness (QED) is 0.173. The summed E-state index contributed by atoms with van der Waals surface area (Å²) in [6, 6.07) is 27.4. The van der Waals surface area contributed by atoms with Gasteiger partial charge in [-0.25, -0.2) is 9.78 Å². The van der Waals surface area contributed by atoms with E-state index in [0.717, 1.165) is 27.7 Å². The number of fused-ring (bicyclic) bond motifs is 1. The van der Waals surface area contributed by atoms with Crippen LogP contribution in [0.4, 0.5) is 21.9 Å². The number of H-pyrrole nitrogens is 1. The van der Waals surface area contributed by atoms with Crippen LogP contribution in [0.3, 0.4) is 0 Å². The number of ether oxygens (including phenoxy) is 1. The van der Waals surface area contributed by atoms with Gasteiger partial charge in [0, 0.05) is 58.2 Å². The van der Waals surface area contributed by atoms with Crippen molar-refractivity contribution in [3.05, 3.63) is 110 Å². The molecule has 0 saturated carbocycles. The van der Waals surface area contributed by atoms with Gasteiger partial charge in [-0.05, 0) is 54.1 Å². The summed E-state index contributed by atoms with van der Waals surface area (Å²) in [6.45, 7) is 0.00483. The third-order valence-electron chi connectivity index (χ3n) is 6.62. The van der Waals surface area contributed by atoms with Gasteiger partial charge in [-0.2, -0.15) is 5.10 Å². The number of nitrogens with one attached hydrogen (secondary N) is 4. The minimum atomic E-state index is -0.340. The number of carbonyl (C=O) groups is 2. The number of nitrogens with zero attached hydrogens (tertiary/aromatic N) is 3. The number of methoxy groups -OCH3 is 1.